The second kappa shape index (κ2) is 7.68. The minimum atomic E-state index is -0.795. The lowest BCUT2D eigenvalue weighted by Gasteiger charge is -1.90. The number of nitrogens with two attached hydrogens (primary N) is 1. The summed E-state index contributed by atoms with van der Waals surface area (Å²) in [6.45, 7) is 0. The van der Waals surface area contributed by atoms with Gasteiger partial charge in [0.05, 0.1) is 13.5 Å². The van der Waals surface area contributed by atoms with E-state index in [2.05, 4.69) is 4.99 Å². The zero-order chi connectivity index (χ0) is 7.98. The fourth-order valence-electron chi connectivity index (χ4n) is 0.320. The van der Waals surface area contributed by atoms with Gasteiger partial charge in [-0.05, 0) is 11.8 Å². The van der Waals surface area contributed by atoms with Crippen LogP contribution in [0.15, 0.2) is 0 Å². The number of carboxylic acids is 1. The monoisotopic (exact) mass is 198 g/mol. The van der Waals surface area contributed by atoms with E-state index in [1.54, 1.807) is 7.05 Å². The van der Waals surface area contributed by atoms with Crippen molar-refractivity contribution in [2.24, 2.45) is 5.73 Å². The zero-order valence-electron chi connectivity index (χ0n) is 6.13. The van der Waals surface area contributed by atoms with Crippen molar-refractivity contribution in [1.29, 1.82) is 0 Å². The van der Waals surface area contributed by atoms with E-state index in [9.17, 15) is 4.79 Å². The van der Waals surface area contributed by atoms with Crippen LogP contribution in [0.25, 0.3) is 0 Å². The third-order valence-corrected chi connectivity index (χ3v) is 1.74. The van der Waals surface area contributed by atoms with Crippen molar-refractivity contribution >= 4 is 22.9 Å². The van der Waals surface area contributed by atoms with E-state index in [0.29, 0.717) is 10.9 Å². The molecule has 0 heterocycles. The minimum Gasteiger partial charge on any atom is -1.00 e. The van der Waals surface area contributed by atoms with E-state index >= 15 is 0 Å². The summed E-state index contributed by atoms with van der Waals surface area (Å²) in [5, 5.41) is 8.77. The average Bonchev–Trinajstić information content (AvgIpc) is 1.87. The molecule has 0 atom stereocenters. The highest BCUT2D eigenvalue weighted by Crippen LogP contribution is 1.97. The third kappa shape index (κ3) is 9.58. The van der Waals surface area contributed by atoms with Crippen LogP contribution in [0.4, 0.5) is 0 Å². The van der Waals surface area contributed by atoms with Crippen molar-refractivity contribution in [2.75, 3.05) is 12.8 Å². The van der Waals surface area contributed by atoms with Gasteiger partial charge in [0.2, 0.25) is 0 Å². The van der Waals surface area contributed by atoms with Crippen LogP contribution in [0.2, 0.25) is 0 Å². The van der Waals surface area contributed by atoms with Gasteiger partial charge in [-0.25, -0.2) is 0 Å². The second-order valence-corrected chi connectivity index (χ2v) is 2.74. The van der Waals surface area contributed by atoms with E-state index in [1.165, 1.54) is 11.8 Å². The molecule has 0 bridgehead atoms. The number of hydrogen-bond donors (Lipinski definition) is 3. The van der Waals surface area contributed by atoms with Gasteiger partial charge in [-0.2, -0.15) is 0 Å². The molecule has 0 aromatic carbocycles. The summed E-state index contributed by atoms with van der Waals surface area (Å²) in [7, 11) is 1.70. The molecule has 0 fully saturated rings. The summed E-state index contributed by atoms with van der Waals surface area (Å²) >= 11 is 1.31. The molecule has 0 unspecified atom stereocenters. The molecule has 0 aliphatic heterocycles. The fourth-order valence-corrected chi connectivity index (χ4v) is 0.961. The van der Waals surface area contributed by atoms with Gasteiger partial charge in [0, 0.05) is 5.75 Å². The SMILES string of the molecule is C[NH+]=C(N)SCCC(=O)O.[Cl-]. The first-order valence-corrected chi connectivity index (χ1v) is 3.80. The largest absolute Gasteiger partial charge is 1.00 e. The van der Waals surface area contributed by atoms with Crippen molar-refractivity contribution in [1.82, 2.24) is 0 Å². The summed E-state index contributed by atoms with van der Waals surface area (Å²) in [5.41, 5.74) is 5.33. The lowest BCUT2D eigenvalue weighted by atomic mass is 10.5. The molecule has 0 spiro atoms. The van der Waals surface area contributed by atoms with Gasteiger partial charge in [0.25, 0.3) is 0 Å². The molecule has 0 aliphatic carbocycles. The van der Waals surface area contributed by atoms with Gasteiger partial charge in [-0.1, -0.05) is 0 Å². The van der Waals surface area contributed by atoms with E-state index < -0.39 is 5.97 Å². The molecule has 0 rings (SSSR count). The van der Waals surface area contributed by atoms with Crippen molar-refractivity contribution in [2.45, 2.75) is 6.42 Å². The van der Waals surface area contributed by atoms with E-state index in [0.717, 1.165) is 0 Å². The topological polar surface area (TPSA) is 77.3 Å². The Balaban J connectivity index is 0. The quantitative estimate of drug-likeness (QED) is 0.314. The summed E-state index contributed by atoms with van der Waals surface area (Å²) in [4.78, 5) is 12.7. The first-order chi connectivity index (χ1) is 4.66. The van der Waals surface area contributed by atoms with Crippen LogP contribution in [-0.4, -0.2) is 29.0 Å². The number of carboxylic acid groups (broad SMARTS) is 1. The normalized spacial score (nSPS) is 10.5. The Hall–Kier alpha value is -0.420. The molecule has 0 saturated carbocycles. The van der Waals surface area contributed by atoms with E-state index in [1.807, 2.05) is 0 Å². The predicted molar refractivity (Wildman–Crippen MR) is 40.8 cm³/mol. The molecule has 4 nitrogen and oxygen atoms in total. The van der Waals surface area contributed by atoms with Crippen molar-refractivity contribution in [3.05, 3.63) is 0 Å². The molecule has 6 heteroatoms. The van der Waals surface area contributed by atoms with Crippen molar-refractivity contribution in [3.8, 4) is 0 Å². The van der Waals surface area contributed by atoms with Gasteiger partial charge >= 0.3 is 11.1 Å². The fraction of sp³-hybridized carbons (Fsp3) is 0.600. The van der Waals surface area contributed by atoms with Crippen LogP contribution in [0.5, 0.6) is 0 Å². The Morgan fingerprint density at radius 2 is 2.27 bits per heavy atom. The Bertz CT molecular complexity index is 151. The molecule has 0 aromatic rings. The highest BCUT2D eigenvalue weighted by molar-refractivity contribution is 8.13. The van der Waals surface area contributed by atoms with E-state index in [-0.39, 0.29) is 18.8 Å². The lowest BCUT2D eigenvalue weighted by molar-refractivity contribution is -0.417. The van der Waals surface area contributed by atoms with Gasteiger partial charge in [-0.15, -0.1) is 0 Å². The highest BCUT2D eigenvalue weighted by Gasteiger charge is 2.00. The molecule has 0 radical (unpaired) electrons. The molecular weight excluding hydrogens is 188 g/mol. The number of amidine groups is 1. The molecule has 11 heavy (non-hydrogen) atoms. The standard InChI is InChI=1S/C5H10N2O2S.ClH/c1-7-5(6)10-3-2-4(8)9;/h2-3H2,1H3,(H2,6,7)(H,8,9);1H. The third-order valence-electron chi connectivity index (χ3n) is 0.820. The first-order valence-electron chi connectivity index (χ1n) is 2.81. The van der Waals surface area contributed by atoms with Gasteiger partial charge in [0.1, 0.15) is 0 Å². The zero-order valence-corrected chi connectivity index (χ0v) is 7.71. The molecule has 0 saturated heterocycles. The van der Waals surface area contributed by atoms with Gasteiger partial charge in [-0.3, -0.25) is 15.5 Å². The predicted octanol–water partition coefficient (Wildman–Crippen LogP) is -4.78. The second-order valence-electron chi connectivity index (χ2n) is 1.61. The van der Waals surface area contributed by atoms with Crippen LogP contribution in [0.1, 0.15) is 6.42 Å². The van der Waals surface area contributed by atoms with Crippen molar-refractivity contribution in [3.63, 3.8) is 0 Å². The van der Waals surface area contributed by atoms with Gasteiger partial charge in [0.15, 0.2) is 0 Å². The smallest absolute Gasteiger partial charge is 0.304 e. The Morgan fingerprint density at radius 1 is 1.73 bits per heavy atom. The summed E-state index contributed by atoms with van der Waals surface area (Å²) in [6.07, 6.45) is 0.146. The van der Waals surface area contributed by atoms with Crippen LogP contribution in [0.3, 0.4) is 0 Å². The molecular formula is C5H11ClN2O2S. The van der Waals surface area contributed by atoms with Gasteiger partial charge < -0.3 is 17.5 Å². The maximum Gasteiger partial charge on any atom is 0.304 e. The molecule has 4 N–H and O–H groups in total. The maximum atomic E-state index is 9.99. The Kier molecular flexibility index (Phi) is 9.21. The Labute approximate surface area is 75.7 Å². The molecule has 66 valence electrons. The maximum absolute atomic E-state index is 9.99. The number of rotatable bonds is 3. The Morgan fingerprint density at radius 3 is 2.64 bits per heavy atom. The number of carbonyl (C=O) groups is 1. The average molecular weight is 199 g/mol. The summed E-state index contributed by atoms with van der Waals surface area (Å²) in [6, 6.07) is 0. The van der Waals surface area contributed by atoms with Crippen LogP contribution in [-0.2, 0) is 4.79 Å². The number of aliphatic carboxylic acids is 1. The molecule has 0 aliphatic rings. The van der Waals surface area contributed by atoms with Crippen LogP contribution in [0, 0.1) is 0 Å². The van der Waals surface area contributed by atoms with Crippen LogP contribution < -0.4 is 23.1 Å². The first kappa shape index (κ1) is 13.2. The minimum absolute atomic E-state index is 0. The lowest BCUT2D eigenvalue weighted by Crippen LogP contribution is -3.00. The number of nitrogens with one attached hydrogen (secondary N) is 1. The van der Waals surface area contributed by atoms with E-state index in [4.69, 9.17) is 10.8 Å². The highest BCUT2D eigenvalue weighted by atomic mass is 35.5. The number of hydrogen-bond acceptors (Lipinski definition) is 2. The number of thioether (sulfide) groups is 1. The van der Waals surface area contributed by atoms with Crippen molar-refractivity contribution < 1.29 is 27.3 Å². The summed E-state index contributed by atoms with van der Waals surface area (Å²) < 4.78 is 0. The number of halogens is 1. The molecule has 0 amide bonds. The van der Waals surface area contributed by atoms with Crippen LogP contribution >= 0.6 is 11.8 Å². The summed E-state index contributed by atoms with van der Waals surface area (Å²) in [5.74, 6) is -0.279. The molecule has 0 aromatic heterocycles.